The van der Waals surface area contributed by atoms with Crippen LogP contribution >= 0.6 is 0 Å². The van der Waals surface area contributed by atoms with Crippen molar-refractivity contribution in [1.82, 2.24) is 5.43 Å². The van der Waals surface area contributed by atoms with Crippen LogP contribution in [0.5, 0.6) is 11.5 Å². The number of hydrogen-bond donors (Lipinski definition) is 1. The van der Waals surface area contributed by atoms with E-state index in [1.165, 1.54) is 20.1 Å². The minimum absolute atomic E-state index is 0.0247. The summed E-state index contributed by atoms with van der Waals surface area (Å²) < 4.78 is 87.5. The monoisotopic (exact) mass is 524 g/mol. The molecule has 0 heterocycles. The lowest BCUT2D eigenvalue weighted by Gasteiger charge is -2.13. The van der Waals surface area contributed by atoms with E-state index in [1.807, 2.05) is 0 Å². The third kappa shape index (κ3) is 6.81. The fourth-order valence-electron chi connectivity index (χ4n) is 3.05. The first-order valence-corrected chi connectivity index (χ1v) is 11.7. The molecule has 1 N–H and O–H groups in total. The minimum atomic E-state index is -4.65. The van der Waals surface area contributed by atoms with Gasteiger partial charge in [-0.05, 0) is 61.0 Å². The quantitative estimate of drug-likeness (QED) is 0.200. The van der Waals surface area contributed by atoms with Crippen LogP contribution < -0.4 is 14.3 Å². The van der Waals surface area contributed by atoms with Crippen LogP contribution in [0.4, 0.5) is 17.6 Å². The lowest BCUT2D eigenvalue weighted by Crippen LogP contribution is -2.21. The van der Waals surface area contributed by atoms with Crippen molar-refractivity contribution < 1.29 is 39.7 Å². The number of methoxy groups -OCH3 is 1. The number of hydrogen-bond acceptors (Lipinski definition) is 6. The summed E-state index contributed by atoms with van der Waals surface area (Å²) in [4.78, 5) is 11.7. The number of alkyl halides is 3. The van der Waals surface area contributed by atoms with Crippen LogP contribution in [0.1, 0.15) is 23.6 Å². The molecule has 0 aliphatic carbocycles. The average Bonchev–Trinajstić information content (AvgIpc) is 2.82. The highest BCUT2D eigenvalue weighted by molar-refractivity contribution is 7.87. The lowest BCUT2D eigenvalue weighted by molar-refractivity contribution is -0.137. The van der Waals surface area contributed by atoms with Crippen molar-refractivity contribution in [2.45, 2.75) is 24.4 Å². The number of amides is 1. The normalized spacial score (nSPS) is 12.2. The van der Waals surface area contributed by atoms with E-state index in [2.05, 4.69) is 10.5 Å². The SMILES string of the molecule is COc1cccc(CC(=O)NN=C(C)c2ccc(F)cc2OS(=O)(=O)c2ccc(C(F)(F)F)cc2)c1. The maximum Gasteiger partial charge on any atom is 0.416 e. The Morgan fingerprint density at radius 3 is 2.36 bits per heavy atom. The van der Waals surface area contributed by atoms with Gasteiger partial charge in [-0.3, -0.25) is 4.79 Å². The molecule has 0 unspecified atom stereocenters. The Morgan fingerprint density at radius 2 is 1.72 bits per heavy atom. The van der Waals surface area contributed by atoms with Gasteiger partial charge in [0.25, 0.3) is 0 Å². The Morgan fingerprint density at radius 1 is 1.03 bits per heavy atom. The highest BCUT2D eigenvalue weighted by Crippen LogP contribution is 2.31. The van der Waals surface area contributed by atoms with Crippen LogP contribution in [0.3, 0.4) is 0 Å². The van der Waals surface area contributed by atoms with E-state index < -0.39 is 44.2 Å². The number of hydrazone groups is 1. The standard InChI is InChI=1S/C24H20F4N2O5S/c1-15(29-30-23(31)13-16-4-3-5-19(12-16)34-2)21-11-8-18(25)14-22(21)35-36(32,33)20-9-6-17(7-10-20)24(26,27)28/h3-12,14H,13H2,1-2H3,(H,30,31). The summed E-state index contributed by atoms with van der Waals surface area (Å²) in [6.07, 6.45) is -4.67. The maximum atomic E-state index is 13.9. The predicted molar refractivity (Wildman–Crippen MR) is 123 cm³/mol. The fraction of sp³-hybridized carbons (Fsp3) is 0.167. The number of nitrogens with zero attached hydrogens (tertiary/aromatic N) is 1. The summed E-state index contributed by atoms with van der Waals surface area (Å²) in [6.45, 7) is 1.43. The molecular weight excluding hydrogens is 504 g/mol. The van der Waals surface area contributed by atoms with E-state index >= 15 is 0 Å². The Hall–Kier alpha value is -3.93. The first kappa shape index (κ1) is 26.7. The Labute approximate surface area is 204 Å². The molecule has 0 saturated carbocycles. The topological polar surface area (TPSA) is 94.1 Å². The van der Waals surface area contributed by atoms with Gasteiger partial charge in [0.15, 0.2) is 5.75 Å². The van der Waals surface area contributed by atoms with E-state index in [9.17, 15) is 30.8 Å². The second kappa shape index (κ2) is 10.8. The van der Waals surface area contributed by atoms with Crippen LogP contribution in [-0.4, -0.2) is 27.1 Å². The smallest absolute Gasteiger partial charge is 0.416 e. The molecule has 0 aliphatic heterocycles. The van der Waals surface area contributed by atoms with Crippen LogP contribution in [0.15, 0.2) is 76.7 Å². The van der Waals surface area contributed by atoms with Gasteiger partial charge in [-0.2, -0.15) is 26.7 Å². The Balaban J connectivity index is 1.79. The molecule has 3 aromatic rings. The van der Waals surface area contributed by atoms with E-state index in [-0.39, 0.29) is 17.7 Å². The Kier molecular flexibility index (Phi) is 7.98. The van der Waals surface area contributed by atoms with Gasteiger partial charge in [0.2, 0.25) is 5.91 Å². The molecular formula is C24H20F4N2O5S. The molecule has 0 saturated heterocycles. The first-order valence-electron chi connectivity index (χ1n) is 10.3. The molecule has 1 amide bonds. The molecule has 12 heteroatoms. The summed E-state index contributed by atoms with van der Waals surface area (Å²) in [5.41, 5.74) is 2.07. The van der Waals surface area contributed by atoms with Crippen molar-refractivity contribution in [3.8, 4) is 11.5 Å². The van der Waals surface area contributed by atoms with Crippen LogP contribution in [0, 0.1) is 5.82 Å². The van der Waals surface area contributed by atoms with E-state index in [0.29, 0.717) is 23.4 Å². The van der Waals surface area contributed by atoms with Gasteiger partial charge in [-0.15, -0.1) is 0 Å². The number of halogens is 4. The van der Waals surface area contributed by atoms with Gasteiger partial charge in [0, 0.05) is 11.6 Å². The molecule has 190 valence electrons. The van der Waals surface area contributed by atoms with E-state index in [0.717, 1.165) is 24.3 Å². The van der Waals surface area contributed by atoms with Gasteiger partial charge in [-0.1, -0.05) is 12.1 Å². The van der Waals surface area contributed by atoms with E-state index in [1.54, 1.807) is 24.3 Å². The van der Waals surface area contributed by atoms with Crippen molar-refractivity contribution in [1.29, 1.82) is 0 Å². The highest BCUT2D eigenvalue weighted by atomic mass is 32.2. The molecule has 7 nitrogen and oxygen atoms in total. The van der Waals surface area contributed by atoms with Crippen LogP contribution in [0.2, 0.25) is 0 Å². The zero-order valence-corrected chi connectivity index (χ0v) is 19.8. The van der Waals surface area contributed by atoms with Crippen molar-refractivity contribution >= 4 is 21.7 Å². The summed E-state index contributed by atoms with van der Waals surface area (Å²) in [7, 11) is -3.12. The number of carbonyl (C=O) groups is 1. The molecule has 0 aliphatic rings. The average molecular weight is 524 g/mol. The number of ether oxygens (including phenoxy) is 1. The Bertz CT molecular complexity index is 1390. The van der Waals surface area contributed by atoms with Gasteiger partial charge >= 0.3 is 16.3 Å². The van der Waals surface area contributed by atoms with Crippen LogP contribution in [0.25, 0.3) is 0 Å². The summed E-state index contributed by atoms with van der Waals surface area (Å²) in [6, 6.07) is 12.5. The van der Waals surface area contributed by atoms with Crippen molar-refractivity contribution in [2.75, 3.05) is 7.11 Å². The number of nitrogens with one attached hydrogen (secondary N) is 1. The van der Waals surface area contributed by atoms with E-state index in [4.69, 9.17) is 8.92 Å². The zero-order chi connectivity index (χ0) is 26.5. The molecule has 36 heavy (non-hydrogen) atoms. The van der Waals surface area contributed by atoms with Gasteiger partial charge in [0.1, 0.15) is 16.5 Å². The number of carbonyl (C=O) groups excluding carboxylic acids is 1. The third-order valence-electron chi connectivity index (χ3n) is 4.85. The fourth-order valence-corrected chi connectivity index (χ4v) is 3.99. The minimum Gasteiger partial charge on any atom is -0.497 e. The van der Waals surface area contributed by atoms with Gasteiger partial charge < -0.3 is 8.92 Å². The summed E-state index contributed by atoms with van der Waals surface area (Å²) >= 11 is 0. The second-order valence-electron chi connectivity index (χ2n) is 7.46. The molecule has 0 aromatic heterocycles. The molecule has 0 bridgehead atoms. The molecule has 0 fully saturated rings. The van der Waals surface area contributed by atoms with Crippen LogP contribution in [-0.2, 0) is 27.5 Å². The van der Waals surface area contributed by atoms with Crippen molar-refractivity contribution in [3.63, 3.8) is 0 Å². The lowest BCUT2D eigenvalue weighted by atomic mass is 10.1. The second-order valence-corrected chi connectivity index (χ2v) is 9.01. The molecule has 3 aromatic carbocycles. The van der Waals surface area contributed by atoms with Crippen molar-refractivity contribution in [3.05, 3.63) is 89.2 Å². The number of rotatable bonds is 8. The number of benzene rings is 3. The maximum absolute atomic E-state index is 13.9. The largest absolute Gasteiger partial charge is 0.497 e. The van der Waals surface area contributed by atoms with Gasteiger partial charge in [0.05, 0.1) is 24.8 Å². The zero-order valence-electron chi connectivity index (χ0n) is 19.0. The predicted octanol–water partition coefficient (Wildman–Crippen LogP) is 4.70. The molecule has 0 atom stereocenters. The summed E-state index contributed by atoms with van der Waals surface area (Å²) in [5.74, 6) is -1.20. The van der Waals surface area contributed by atoms with Crippen molar-refractivity contribution in [2.24, 2.45) is 5.10 Å². The summed E-state index contributed by atoms with van der Waals surface area (Å²) in [5, 5.41) is 3.93. The highest BCUT2D eigenvalue weighted by Gasteiger charge is 2.31. The molecule has 3 rings (SSSR count). The first-order chi connectivity index (χ1) is 16.9. The molecule has 0 spiro atoms. The van der Waals surface area contributed by atoms with Gasteiger partial charge in [-0.25, -0.2) is 9.82 Å². The third-order valence-corrected chi connectivity index (χ3v) is 6.10. The molecule has 0 radical (unpaired) electrons.